The number of hydrogen-bond donors (Lipinski definition) is 1. The molecule has 6 rings (SSSR count). The lowest BCUT2D eigenvalue weighted by atomic mass is 9.94. The molecule has 3 aromatic heterocycles. The molecule has 0 unspecified atom stereocenters. The summed E-state index contributed by atoms with van der Waals surface area (Å²) in [6, 6.07) is 14.0. The molecule has 156 valence electrons. The smallest absolute Gasteiger partial charge is 0.349 e. The zero-order valence-electron chi connectivity index (χ0n) is 17.1. The van der Waals surface area contributed by atoms with Crippen LogP contribution in [0.25, 0.3) is 26.6 Å². The van der Waals surface area contributed by atoms with Crippen LogP contribution in [0.4, 0.5) is 0 Å². The van der Waals surface area contributed by atoms with Crippen molar-refractivity contribution in [3.8, 4) is 5.75 Å². The minimum Gasteiger partial charge on any atom is -0.485 e. The van der Waals surface area contributed by atoms with E-state index in [0.717, 1.165) is 38.0 Å². The molecule has 8 heteroatoms. The summed E-state index contributed by atoms with van der Waals surface area (Å²) in [6.07, 6.45) is 0.763. The summed E-state index contributed by atoms with van der Waals surface area (Å²) >= 11 is 1.56. The van der Waals surface area contributed by atoms with Crippen molar-refractivity contribution >= 4 is 38.0 Å². The standard InChI is InChI=1S/C23H20N4O3S/c1-23(2)10-15-17(11-30-23)31-21-19(15)20-24-18(26-27(20)22(28)25-21)12-29-16-9-5-7-13-6-3-4-8-14(13)16/h3-9H,10-12H2,1-2H3,(H,25,28). The summed E-state index contributed by atoms with van der Waals surface area (Å²) < 4.78 is 13.3. The molecular formula is C23H20N4O3S. The first-order valence-corrected chi connectivity index (χ1v) is 11.0. The lowest BCUT2D eigenvalue weighted by molar-refractivity contribution is -0.0379. The zero-order valence-corrected chi connectivity index (χ0v) is 18.0. The van der Waals surface area contributed by atoms with Crippen molar-refractivity contribution in [1.29, 1.82) is 0 Å². The van der Waals surface area contributed by atoms with Crippen LogP contribution in [-0.2, 0) is 24.4 Å². The molecule has 0 saturated heterocycles. The first-order chi connectivity index (χ1) is 15.0. The fourth-order valence-electron chi connectivity index (χ4n) is 4.21. The fraction of sp³-hybridized carbons (Fsp3) is 0.261. The molecule has 5 aromatic rings. The van der Waals surface area contributed by atoms with Gasteiger partial charge in [-0.15, -0.1) is 16.4 Å². The first kappa shape index (κ1) is 18.5. The molecule has 4 heterocycles. The summed E-state index contributed by atoms with van der Waals surface area (Å²) in [4.78, 5) is 22.2. The van der Waals surface area contributed by atoms with E-state index in [2.05, 4.69) is 23.9 Å². The lowest BCUT2D eigenvalue weighted by Gasteiger charge is -2.30. The molecule has 2 aromatic carbocycles. The van der Waals surface area contributed by atoms with Crippen LogP contribution in [0.15, 0.2) is 47.3 Å². The van der Waals surface area contributed by atoms with Crippen LogP contribution in [0.5, 0.6) is 5.75 Å². The maximum absolute atomic E-state index is 12.6. The normalized spacial score (nSPS) is 15.5. The van der Waals surface area contributed by atoms with Gasteiger partial charge in [0.05, 0.1) is 17.6 Å². The Balaban J connectivity index is 1.42. The van der Waals surface area contributed by atoms with E-state index in [1.54, 1.807) is 11.3 Å². The molecule has 1 N–H and O–H groups in total. The molecule has 1 aliphatic rings. The number of nitrogens with one attached hydrogen (secondary N) is 1. The molecular weight excluding hydrogens is 412 g/mol. The van der Waals surface area contributed by atoms with E-state index in [-0.39, 0.29) is 17.9 Å². The third kappa shape index (κ3) is 3.02. The summed E-state index contributed by atoms with van der Waals surface area (Å²) in [5.41, 5.74) is 1.20. The Labute approximate surface area is 181 Å². The third-order valence-electron chi connectivity index (χ3n) is 5.68. The van der Waals surface area contributed by atoms with Gasteiger partial charge in [0.1, 0.15) is 17.2 Å². The number of rotatable bonds is 3. The highest BCUT2D eigenvalue weighted by molar-refractivity contribution is 7.19. The van der Waals surface area contributed by atoms with Gasteiger partial charge in [-0.3, -0.25) is 4.98 Å². The summed E-state index contributed by atoms with van der Waals surface area (Å²) in [7, 11) is 0. The highest BCUT2D eigenvalue weighted by Gasteiger charge is 2.31. The Morgan fingerprint density at radius 1 is 1.23 bits per heavy atom. The van der Waals surface area contributed by atoms with Gasteiger partial charge in [0.15, 0.2) is 11.5 Å². The number of ether oxygens (including phenoxy) is 2. The van der Waals surface area contributed by atoms with E-state index in [0.29, 0.717) is 18.1 Å². The van der Waals surface area contributed by atoms with Gasteiger partial charge in [-0.2, -0.15) is 4.52 Å². The van der Waals surface area contributed by atoms with E-state index in [1.807, 2.05) is 42.5 Å². The van der Waals surface area contributed by atoms with Crippen molar-refractivity contribution in [2.45, 2.75) is 39.1 Å². The molecule has 0 radical (unpaired) electrons. The second-order valence-electron chi connectivity index (χ2n) is 8.39. The quantitative estimate of drug-likeness (QED) is 0.462. The van der Waals surface area contributed by atoms with E-state index < -0.39 is 0 Å². The van der Waals surface area contributed by atoms with Crippen molar-refractivity contribution in [1.82, 2.24) is 19.6 Å². The van der Waals surface area contributed by atoms with Gasteiger partial charge in [-0.25, -0.2) is 9.78 Å². The number of aromatic nitrogens is 4. The molecule has 0 amide bonds. The van der Waals surface area contributed by atoms with Crippen molar-refractivity contribution < 1.29 is 9.47 Å². The van der Waals surface area contributed by atoms with E-state index in [1.165, 1.54) is 10.1 Å². The lowest BCUT2D eigenvalue weighted by Crippen LogP contribution is -2.31. The second-order valence-corrected chi connectivity index (χ2v) is 9.50. The highest BCUT2D eigenvalue weighted by atomic mass is 32.1. The molecule has 0 fully saturated rings. The summed E-state index contributed by atoms with van der Waals surface area (Å²) in [6.45, 7) is 4.88. The van der Waals surface area contributed by atoms with E-state index in [9.17, 15) is 4.79 Å². The van der Waals surface area contributed by atoms with Gasteiger partial charge < -0.3 is 9.47 Å². The number of benzene rings is 2. The van der Waals surface area contributed by atoms with Crippen LogP contribution < -0.4 is 10.4 Å². The van der Waals surface area contributed by atoms with E-state index >= 15 is 0 Å². The van der Waals surface area contributed by atoms with Crippen LogP contribution >= 0.6 is 11.3 Å². The molecule has 0 bridgehead atoms. The molecule has 1 aliphatic heterocycles. The Morgan fingerprint density at radius 2 is 2.06 bits per heavy atom. The number of hydrogen-bond acceptors (Lipinski definition) is 6. The summed E-state index contributed by atoms with van der Waals surface area (Å²) in [5, 5.41) is 7.53. The van der Waals surface area contributed by atoms with Crippen molar-refractivity contribution in [3.63, 3.8) is 0 Å². The van der Waals surface area contributed by atoms with Crippen molar-refractivity contribution in [2.75, 3.05) is 0 Å². The Bertz CT molecular complexity index is 1520. The average molecular weight is 433 g/mol. The van der Waals surface area contributed by atoms with Crippen LogP contribution in [0.2, 0.25) is 0 Å². The van der Waals surface area contributed by atoms with Gasteiger partial charge in [-0.05, 0) is 30.9 Å². The van der Waals surface area contributed by atoms with Gasteiger partial charge >= 0.3 is 5.69 Å². The monoisotopic (exact) mass is 432 g/mol. The maximum atomic E-state index is 12.6. The number of thiophene rings is 1. The molecule has 0 spiro atoms. The predicted molar refractivity (Wildman–Crippen MR) is 120 cm³/mol. The molecule has 0 aliphatic carbocycles. The molecule has 0 atom stereocenters. The van der Waals surface area contributed by atoms with Crippen LogP contribution in [-0.4, -0.2) is 25.2 Å². The Kier molecular flexibility index (Phi) is 3.97. The fourth-order valence-corrected chi connectivity index (χ4v) is 5.33. The van der Waals surface area contributed by atoms with Crippen molar-refractivity contribution in [3.05, 3.63) is 69.2 Å². The molecule has 31 heavy (non-hydrogen) atoms. The van der Waals surface area contributed by atoms with Crippen molar-refractivity contribution in [2.24, 2.45) is 0 Å². The Hall–Kier alpha value is -3.23. The topological polar surface area (TPSA) is 81.5 Å². The summed E-state index contributed by atoms with van der Waals surface area (Å²) in [5.74, 6) is 1.24. The average Bonchev–Trinajstić information content (AvgIpc) is 3.32. The van der Waals surface area contributed by atoms with Crippen LogP contribution in [0, 0.1) is 0 Å². The molecule has 7 nitrogen and oxygen atoms in total. The van der Waals surface area contributed by atoms with Crippen LogP contribution in [0.3, 0.4) is 0 Å². The largest absolute Gasteiger partial charge is 0.485 e. The highest BCUT2D eigenvalue weighted by Crippen LogP contribution is 2.39. The minimum atomic E-state index is -0.301. The maximum Gasteiger partial charge on any atom is 0.349 e. The van der Waals surface area contributed by atoms with Crippen LogP contribution in [0.1, 0.15) is 30.1 Å². The van der Waals surface area contributed by atoms with Gasteiger partial charge in [-0.1, -0.05) is 36.4 Å². The SMILES string of the molecule is CC1(C)Cc2c(sc3[nH]c(=O)n4nc(COc5cccc6ccccc56)nc4c23)CO1. The minimum absolute atomic E-state index is 0.178. The zero-order chi connectivity index (χ0) is 21.2. The predicted octanol–water partition coefficient (Wildman–Crippen LogP) is 4.22. The Morgan fingerprint density at radius 3 is 2.97 bits per heavy atom. The van der Waals surface area contributed by atoms with Gasteiger partial charge in [0, 0.05) is 16.7 Å². The second kappa shape index (κ2) is 6.63. The number of H-pyrrole nitrogens is 1. The first-order valence-electron chi connectivity index (χ1n) is 10.2. The van der Waals surface area contributed by atoms with E-state index in [4.69, 9.17) is 14.5 Å². The van der Waals surface area contributed by atoms with Gasteiger partial charge in [0.25, 0.3) is 0 Å². The number of nitrogens with zero attached hydrogens (tertiary/aromatic N) is 3. The number of aromatic amines is 1. The number of fused-ring (bicyclic) bond motifs is 6. The molecule has 0 saturated carbocycles. The van der Waals surface area contributed by atoms with Gasteiger partial charge in [0.2, 0.25) is 0 Å². The third-order valence-corrected chi connectivity index (χ3v) is 6.80.